The van der Waals surface area contributed by atoms with Gasteiger partial charge in [-0.3, -0.25) is 0 Å². The van der Waals surface area contributed by atoms with Crippen LogP contribution in [0.25, 0.3) is 0 Å². The van der Waals surface area contributed by atoms with Gasteiger partial charge in [-0.05, 0) is 68.5 Å². The molecule has 2 saturated carbocycles. The van der Waals surface area contributed by atoms with Gasteiger partial charge in [-0.25, -0.2) is 30.3 Å². The van der Waals surface area contributed by atoms with E-state index in [0.29, 0.717) is 5.02 Å². The number of sulfonamides is 1. The molecule has 1 N–H and O–H groups in total. The second-order valence-corrected chi connectivity index (χ2v) is 13.6. The predicted molar refractivity (Wildman–Crippen MR) is 118 cm³/mol. The van der Waals surface area contributed by atoms with Crippen LogP contribution in [0.3, 0.4) is 0 Å². The van der Waals surface area contributed by atoms with Gasteiger partial charge in [0, 0.05) is 17.0 Å². The SMILES string of the molecule is O=S(=O)(NC1CC1)[C@H]1CC[C@@]2(S(=O)(=O)c3ccc(Cl)cc3)c3c(F)ccc(F)c3OC[C@H]2C1. The minimum atomic E-state index is -4.29. The number of nitrogens with one attached hydrogen (secondary N) is 1. The number of rotatable bonds is 5. The molecule has 0 saturated heterocycles. The van der Waals surface area contributed by atoms with Gasteiger partial charge in [0.15, 0.2) is 21.4 Å². The van der Waals surface area contributed by atoms with E-state index in [-0.39, 0.29) is 42.4 Å². The van der Waals surface area contributed by atoms with Crippen LogP contribution in [0.1, 0.15) is 37.7 Å². The number of halogens is 3. The Labute approximate surface area is 196 Å². The lowest BCUT2D eigenvalue weighted by Crippen LogP contribution is -2.55. The molecule has 0 aromatic heterocycles. The first-order valence-electron chi connectivity index (χ1n) is 10.7. The van der Waals surface area contributed by atoms with Gasteiger partial charge in [-0.2, -0.15) is 0 Å². The maximum absolute atomic E-state index is 15.2. The minimum Gasteiger partial charge on any atom is -0.490 e. The van der Waals surface area contributed by atoms with Crippen molar-refractivity contribution in [1.29, 1.82) is 0 Å². The summed E-state index contributed by atoms with van der Waals surface area (Å²) in [4.78, 5) is -0.0918. The summed E-state index contributed by atoms with van der Waals surface area (Å²) in [5, 5.41) is -0.521. The van der Waals surface area contributed by atoms with Crippen LogP contribution in [-0.4, -0.2) is 34.7 Å². The van der Waals surface area contributed by atoms with Crippen LogP contribution in [0.4, 0.5) is 8.78 Å². The molecule has 5 rings (SSSR count). The van der Waals surface area contributed by atoms with Gasteiger partial charge < -0.3 is 4.74 Å². The van der Waals surface area contributed by atoms with Crippen molar-refractivity contribution in [2.75, 3.05) is 6.61 Å². The van der Waals surface area contributed by atoms with E-state index < -0.39 is 53.2 Å². The van der Waals surface area contributed by atoms with Crippen molar-refractivity contribution in [1.82, 2.24) is 4.72 Å². The number of hydrogen-bond donors (Lipinski definition) is 1. The molecular formula is C22H22ClF2NO5S2. The molecule has 0 bridgehead atoms. The lowest BCUT2D eigenvalue weighted by Gasteiger charge is -2.48. The number of hydrogen-bond acceptors (Lipinski definition) is 5. The third-order valence-electron chi connectivity index (χ3n) is 6.91. The minimum absolute atomic E-state index is 0.0131. The standard InChI is InChI=1S/C22H22ClF2NO5S2/c23-14-1-5-16(6-2-14)32(27,28)22-10-9-17(33(29,30)26-15-3-4-15)11-13(22)12-31-21-19(25)8-7-18(24)20(21)22/h1-2,5-8,13,15,17,26H,3-4,9-12H2/t13-,17+,22+/m1/s1. The molecule has 0 unspecified atom stereocenters. The average molecular weight is 518 g/mol. The Hall–Kier alpha value is -1.75. The van der Waals surface area contributed by atoms with E-state index in [1.807, 2.05) is 0 Å². The smallest absolute Gasteiger partial charge is 0.214 e. The van der Waals surface area contributed by atoms with Crippen LogP contribution in [-0.2, 0) is 24.6 Å². The van der Waals surface area contributed by atoms with E-state index in [1.54, 1.807) is 0 Å². The van der Waals surface area contributed by atoms with Crippen molar-refractivity contribution >= 4 is 31.5 Å². The number of ether oxygens (including phenoxy) is 1. The molecule has 178 valence electrons. The van der Waals surface area contributed by atoms with Gasteiger partial charge in [0.25, 0.3) is 0 Å². The highest BCUT2D eigenvalue weighted by Crippen LogP contribution is 2.57. The third-order valence-corrected chi connectivity index (χ3v) is 11.7. The fourth-order valence-electron chi connectivity index (χ4n) is 5.11. The van der Waals surface area contributed by atoms with E-state index in [4.69, 9.17) is 16.3 Å². The second kappa shape index (κ2) is 7.90. The van der Waals surface area contributed by atoms with Crippen molar-refractivity contribution in [2.45, 2.75) is 53.0 Å². The summed E-state index contributed by atoms with van der Waals surface area (Å²) in [6, 6.07) is 7.17. The molecule has 2 aromatic carbocycles. The first-order valence-corrected chi connectivity index (χ1v) is 14.1. The molecule has 3 atom stereocenters. The summed E-state index contributed by atoms with van der Waals surface area (Å²) in [6.45, 7) is -0.240. The first kappa shape index (κ1) is 23.0. The molecule has 1 heterocycles. The normalized spacial score (nSPS) is 27.4. The van der Waals surface area contributed by atoms with Crippen LogP contribution in [0.2, 0.25) is 5.02 Å². The summed E-state index contributed by atoms with van der Waals surface area (Å²) >= 11 is 5.93. The van der Waals surface area contributed by atoms with Gasteiger partial charge in [-0.15, -0.1) is 0 Å². The Bertz CT molecular complexity index is 1310. The highest BCUT2D eigenvalue weighted by molar-refractivity contribution is 7.92. The highest BCUT2D eigenvalue weighted by atomic mass is 35.5. The number of sulfone groups is 1. The van der Waals surface area contributed by atoms with Gasteiger partial charge >= 0.3 is 0 Å². The van der Waals surface area contributed by atoms with Crippen molar-refractivity contribution in [3.05, 3.63) is 58.6 Å². The Balaban J connectivity index is 1.66. The van der Waals surface area contributed by atoms with Gasteiger partial charge in [0.05, 0.1) is 22.3 Å². The van der Waals surface area contributed by atoms with E-state index in [2.05, 4.69) is 4.72 Å². The number of fused-ring (bicyclic) bond motifs is 3. The second-order valence-electron chi connectivity index (χ2n) is 8.92. The third kappa shape index (κ3) is 3.66. The van der Waals surface area contributed by atoms with Crippen molar-refractivity contribution in [3.63, 3.8) is 0 Å². The molecule has 11 heteroatoms. The Kier molecular flexibility index (Phi) is 5.51. The molecule has 2 aromatic rings. The van der Waals surface area contributed by atoms with Crippen LogP contribution in [0, 0.1) is 17.6 Å². The molecule has 33 heavy (non-hydrogen) atoms. The molecule has 0 amide bonds. The summed E-state index contributed by atoms with van der Waals surface area (Å²) in [6.07, 6.45) is 1.29. The Morgan fingerprint density at radius 2 is 1.64 bits per heavy atom. The summed E-state index contributed by atoms with van der Waals surface area (Å²) < 4.78 is 90.1. The van der Waals surface area contributed by atoms with Gasteiger partial charge in [-0.1, -0.05) is 11.6 Å². The molecule has 0 radical (unpaired) electrons. The zero-order valence-electron chi connectivity index (χ0n) is 17.4. The van der Waals surface area contributed by atoms with Crippen LogP contribution >= 0.6 is 11.6 Å². The van der Waals surface area contributed by atoms with E-state index in [1.165, 1.54) is 24.3 Å². The summed E-state index contributed by atoms with van der Waals surface area (Å²) in [7, 11) is -7.99. The van der Waals surface area contributed by atoms with E-state index in [0.717, 1.165) is 25.0 Å². The molecule has 2 aliphatic carbocycles. The maximum atomic E-state index is 15.2. The quantitative estimate of drug-likeness (QED) is 0.649. The Morgan fingerprint density at radius 1 is 0.970 bits per heavy atom. The molecule has 2 fully saturated rings. The average Bonchev–Trinajstić information content (AvgIpc) is 3.58. The fraction of sp³-hybridized carbons (Fsp3) is 0.455. The Morgan fingerprint density at radius 3 is 2.30 bits per heavy atom. The topological polar surface area (TPSA) is 89.5 Å². The zero-order valence-corrected chi connectivity index (χ0v) is 19.8. The molecule has 3 aliphatic rings. The molecule has 0 spiro atoms. The highest BCUT2D eigenvalue weighted by Gasteiger charge is 2.61. The molecular weight excluding hydrogens is 496 g/mol. The van der Waals surface area contributed by atoms with Crippen LogP contribution in [0.5, 0.6) is 5.75 Å². The van der Waals surface area contributed by atoms with Crippen LogP contribution < -0.4 is 9.46 Å². The molecule has 6 nitrogen and oxygen atoms in total. The fourth-order valence-corrected chi connectivity index (χ4v) is 9.41. The predicted octanol–water partition coefficient (Wildman–Crippen LogP) is 3.93. The monoisotopic (exact) mass is 517 g/mol. The number of benzene rings is 2. The van der Waals surface area contributed by atoms with E-state index >= 15 is 4.39 Å². The molecule has 1 aliphatic heterocycles. The van der Waals surface area contributed by atoms with Crippen molar-refractivity contribution in [2.24, 2.45) is 5.92 Å². The summed E-state index contributed by atoms with van der Waals surface area (Å²) in [5.74, 6) is -3.08. The van der Waals surface area contributed by atoms with Crippen molar-refractivity contribution in [3.8, 4) is 5.75 Å². The first-order chi connectivity index (χ1) is 15.6. The zero-order chi connectivity index (χ0) is 23.6. The maximum Gasteiger partial charge on any atom is 0.214 e. The van der Waals surface area contributed by atoms with Gasteiger partial charge in [0.2, 0.25) is 10.0 Å². The van der Waals surface area contributed by atoms with Crippen LogP contribution in [0.15, 0.2) is 41.3 Å². The van der Waals surface area contributed by atoms with Gasteiger partial charge in [0.1, 0.15) is 10.6 Å². The lowest BCUT2D eigenvalue weighted by molar-refractivity contribution is 0.125. The largest absolute Gasteiger partial charge is 0.490 e. The lowest BCUT2D eigenvalue weighted by atomic mass is 9.73. The van der Waals surface area contributed by atoms with E-state index in [9.17, 15) is 21.2 Å². The summed E-state index contributed by atoms with van der Waals surface area (Å²) in [5.41, 5.74) is -0.361. The van der Waals surface area contributed by atoms with Crippen molar-refractivity contribution < 1.29 is 30.4 Å².